The summed E-state index contributed by atoms with van der Waals surface area (Å²) in [5.41, 5.74) is 0.937. The van der Waals surface area contributed by atoms with Crippen molar-refractivity contribution in [2.45, 2.75) is 32.1 Å². The first-order chi connectivity index (χ1) is 8.31. The molecule has 0 N–H and O–H groups in total. The Kier molecular flexibility index (Phi) is 2.60. The number of thiazole rings is 1. The highest BCUT2D eigenvalue weighted by Crippen LogP contribution is 2.41. The standard InChI is InChI=1S/C14H14N2S/c15-10-14(7-3-4-8-14)9-13-16-11-5-1-2-6-12(11)17-13/h1-2,5-6H,3-4,7-9H2. The minimum Gasteiger partial charge on any atom is -0.241 e. The zero-order valence-electron chi connectivity index (χ0n) is 9.65. The summed E-state index contributed by atoms with van der Waals surface area (Å²) in [6, 6.07) is 10.7. The lowest BCUT2D eigenvalue weighted by molar-refractivity contribution is 0.407. The Labute approximate surface area is 105 Å². The molecule has 1 aliphatic rings. The van der Waals surface area contributed by atoms with Gasteiger partial charge >= 0.3 is 0 Å². The molecule has 1 fully saturated rings. The van der Waals surface area contributed by atoms with E-state index in [2.05, 4.69) is 17.1 Å². The predicted octanol–water partition coefficient (Wildman–Crippen LogP) is 3.92. The molecule has 0 bridgehead atoms. The Morgan fingerprint density at radius 2 is 2.06 bits per heavy atom. The van der Waals surface area contributed by atoms with Crippen LogP contribution in [0, 0.1) is 16.7 Å². The molecule has 0 aliphatic heterocycles. The molecule has 2 aromatic rings. The summed E-state index contributed by atoms with van der Waals surface area (Å²) in [5, 5.41) is 10.5. The van der Waals surface area contributed by atoms with Crippen molar-refractivity contribution in [3.05, 3.63) is 29.3 Å². The lowest BCUT2D eigenvalue weighted by Crippen LogP contribution is -2.16. The second kappa shape index (κ2) is 4.12. The van der Waals surface area contributed by atoms with Gasteiger partial charge in [-0.05, 0) is 25.0 Å². The van der Waals surface area contributed by atoms with Crippen LogP contribution in [-0.4, -0.2) is 4.98 Å². The van der Waals surface area contributed by atoms with Crippen LogP contribution >= 0.6 is 11.3 Å². The van der Waals surface area contributed by atoms with Gasteiger partial charge in [0.1, 0.15) is 0 Å². The van der Waals surface area contributed by atoms with E-state index in [1.54, 1.807) is 11.3 Å². The van der Waals surface area contributed by atoms with Gasteiger partial charge in [-0.2, -0.15) is 5.26 Å². The normalized spacial score (nSPS) is 18.3. The fourth-order valence-electron chi connectivity index (χ4n) is 2.66. The molecule has 0 atom stereocenters. The van der Waals surface area contributed by atoms with Crippen LogP contribution in [0.1, 0.15) is 30.7 Å². The zero-order valence-corrected chi connectivity index (χ0v) is 10.5. The van der Waals surface area contributed by atoms with Crippen LogP contribution in [0.4, 0.5) is 0 Å². The van der Waals surface area contributed by atoms with Crippen molar-refractivity contribution in [1.82, 2.24) is 4.98 Å². The molecule has 1 aromatic carbocycles. The van der Waals surface area contributed by atoms with E-state index < -0.39 is 0 Å². The maximum Gasteiger partial charge on any atom is 0.0954 e. The van der Waals surface area contributed by atoms with Crippen molar-refractivity contribution >= 4 is 21.6 Å². The smallest absolute Gasteiger partial charge is 0.0954 e. The van der Waals surface area contributed by atoms with Crippen LogP contribution in [-0.2, 0) is 6.42 Å². The van der Waals surface area contributed by atoms with E-state index in [0.717, 1.165) is 29.8 Å². The average Bonchev–Trinajstić information content (AvgIpc) is 2.95. The highest BCUT2D eigenvalue weighted by atomic mass is 32.1. The first-order valence-corrected chi connectivity index (χ1v) is 6.89. The molecule has 0 amide bonds. The highest BCUT2D eigenvalue weighted by molar-refractivity contribution is 7.18. The number of aromatic nitrogens is 1. The van der Waals surface area contributed by atoms with Crippen molar-refractivity contribution in [1.29, 1.82) is 5.26 Å². The van der Waals surface area contributed by atoms with E-state index in [1.807, 2.05) is 18.2 Å². The molecule has 1 aromatic heterocycles. The zero-order chi connectivity index (χ0) is 11.7. The van der Waals surface area contributed by atoms with Gasteiger partial charge in [0.25, 0.3) is 0 Å². The topological polar surface area (TPSA) is 36.7 Å². The fourth-order valence-corrected chi connectivity index (χ4v) is 3.78. The molecule has 1 aliphatic carbocycles. The van der Waals surface area contributed by atoms with Crippen molar-refractivity contribution in [2.24, 2.45) is 5.41 Å². The number of fused-ring (bicyclic) bond motifs is 1. The molecule has 17 heavy (non-hydrogen) atoms. The third-order valence-corrected chi connectivity index (χ3v) is 4.66. The number of hydrogen-bond donors (Lipinski definition) is 0. The molecule has 0 spiro atoms. The molecule has 0 saturated heterocycles. The average molecular weight is 242 g/mol. The second-order valence-corrected chi connectivity index (χ2v) is 5.97. The molecule has 0 radical (unpaired) electrons. The predicted molar refractivity (Wildman–Crippen MR) is 69.8 cm³/mol. The van der Waals surface area contributed by atoms with Crippen LogP contribution in [0.15, 0.2) is 24.3 Å². The summed E-state index contributed by atoms with van der Waals surface area (Å²) in [6.07, 6.45) is 5.30. The van der Waals surface area contributed by atoms with Crippen LogP contribution in [0.3, 0.4) is 0 Å². The Balaban J connectivity index is 1.92. The van der Waals surface area contributed by atoms with Crippen molar-refractivity contribution in [3.63, 3.8) is 0 Å². The van der Waals surface area contributed by atoms with E-state index >= 15 is 0 Å². The Morgan fingerprint density at radius 3 is 2.76 bits per heavy atom. The molecule has 1 saturated carbocycles. The molecular formula is C14H14N2S. The van der Waals surface area contributed by atoms with Crippen molar-refractivity contribution in [3.8, 4) is 6.07 Å². The quantitative estimate of drug-likeness (QED) is 0.800. The number of hydrogen-bond acceptors (Lipinski definition) is 3. The van der Waals surface area contributed by atoms with Gasteiger partial charge in [-0.1, -0.05) is 25.0 Å². The Morgan fingerprint density at radius 1 is 1.29 bits per heavy atom. The third-order valence-electron chi connectivity index (χ3n) is 3.63. The van der Waals surface area contributed by atoms with E-state index in [0.29, 0.717) is 0 Å². The largest absolute Gasteiger partial charge is 0.241 e. The number of nitriles is 1. The third kappa shape index (κ3) is 1.94. The molecule has 2 nitrogen and oxygen atoms in total. The lowest BCUT2D eigenvalue weighted by atomic mass is 9.85. The monoisotopic (exact) mass is 242 g/mol. The van der Waals surface area contributed by atoms with Crippen molar-refractivity contribution < 1.29 is 0 Å². The molecule has 1 heterocycles. The minimum atomic E-state index is -0.131. The van der Waals surface area contributed by atoms with Gasteiger partial charge < -0.3 is 0 Å². The first-order valence-electron chi connectivity index (χ1n) is 6.07. The van der Waals surface area contributed by atoms with Gasteiger partial charge in [-0.15, -0.1) is 11.3 Å². The summed E-state index contributed by atoms with van der Waals surface area (Å²) in [4.78, 5) is 4.64. The summed E-state index contributed by atoms with van der Waals surface area (Å²) in [6.45, 7) is 0. The molecule has 3 rings (SSSR count). The van der Waals surface area contributed by atoms with Gasteiger partial charge in [0.15, 0.2) is 0 Å². The SMILES string of the molecule is N#CC1(Cc2nc3ccccc3s2)CCCC1. The molecule has 3 heteroatoms. The number of nitrogens with zero attached hydrogens (tertiary/aromatic N) is 2. The summed E-state index contributed by atoms with van der Waals surface area (Å²) in [5.74, 6) is 0. The fraction of sp³-hybridized carbons (Fsp3) is 0.429. The summed E-state index contributed by atoms with van der Waals surface area (Å²) in [7, 11) is 0. The minimum absolute atomic E-state index is 0.131. The van der Waals surface area contributed by atoms with Gasteiger partial charge in [0.2, 0.25) is 0 Å². The highest BCUT2D eigenvalue weighted by Gasteiger charge is 2.35. The van der Waals surface area contributed by atoms with Crippen molar-refractivity contribution in [2.75, 3.05) is 0 Å². The van der Waals surface area contributed by atoms with Crippen LogP contribution in [0.25, 0.3) is 10.2 Å². The lowest BCUT2D eigenvalue weighted by Gasteiger charge is -2.17. The van der Waals surface area contributed by atoms with Crippen LogP contribution in [0.5, 0.6) is 0 Å². The van der Waals surface area contributed by atoms with Gasteiger partial charge in [0.05, 0.1) is 26.7 Å². The maximum absolute atomic E-state index is 9.38. The van der Waals surface area contributed by atoms with E-state index in [-0.39, 0.29) is 5.41 Å². The summed E-state index contributed by atoms with van der Waals surface area (Å²) >= 11 is 1.74. The number of para-hydroxylation sites is 1. The van der Waals surface area contributed by atoms with Crippen LogP contribution < -0.4 is 0 Å². The van der Waals surface area contributed by atoms with Gasteiger partial charge in [-0.3, -0.25) is 0 Å². The van der Waals surface area contributed by atoms with E-state index in [1.165, 1.54) is 17.5 Å². The van der Waals surface area contributed by atoms with E-state index in [4.69, 9.17) is 0 Å². The van der Waals surface area contributed by atoms with Crippen LogP contribution in [0.2, 0.25) is 0 Å². The Bertz CT molecular complexity index is 540. The number of benzene rings is 1. The number of rotatable bonds is 2. The molecular weight excluding hydrogens is 228 g/mol. The Hall–Kier alpha value is -1.40. The second-order valence-electron chi connectivity index (χ2n) is 4.85. The first kappa shape index (κ1) is 10.7. The molecule has 0 unspecified atom stereocenters. The molecule has 86 valence electrons. The van der Waals surface area contributed by atoms with Gasteiger partial charge in [0, 0.05) is 6.42 Å². The summed E-state index contributed by atoms with van der Waals surface area (Å²) < 4.78 is 1.23. The van der Waals surface area contributed by atoms with Gasteiger partial charge in [-0.25, -0.2) is 4.98 Å². The maximum atomic E-state index is 9.38. The van der Waals surface area contributed by atoms with E-state index in [9.17, 15) is 5.26 Å².